The van der Waals surface area contributed by atoms with Gasteiger partial charge in [-0.25, -0.2) is 0 Å². The third-order valence-corrected chi connectivity index (χ3v) is 2.67. The minimum Gasteiger partial charge on any atom is -0.351 e. The number of nitrogens with one attached hydrogen (secondary N) is 1. The van der Waals surface area contributed by atoms with Crippen LogP contribution in [0, 0.1) is 6.92 Å². The van der Waals surface area contributed by atoms with Crippen molar-refractivity contribution >= 4 is 23.4 Å². The summed E-state index contributed by atoms with van der Waals surface area (Å²) in [5.41, 5.74) is 1.07. The maximum Gasteiger partial charge on any atom is 0.254 e. The molecule has 18 heavy (non-hydrogen) atoms. The average Bonchev–Trinajstić information content (AvgIpc) is 2.28. The Morgan fingerprint density at radius 1 is 1.44 bits per heavy atom. The Morgan fingerprint density at radius 3 is 2.67 bits per heavy atom. The van der Waals surface area contributed by atoms with Gasteiger partial charge in [0.05, 0.1) is 10.6 Å². The van der Waals surface area contributed by atoms with E-state index in [2.05, 4.69) is 10.3 Å². The lowest BCUT2D eigenvalue weighted by Gasteiger charge is -2.10. The van der Waals surface area contributed by atoms with Gasteiger partial charge in [0.1, 0.15) is 0 Å². The molecule has 2 amide bonds. The Hall–Kier alpha value is -1.62. The van der Waals surface area contributed by atoms with Gasteiger partial charge in [0, 0.05) is 39.0 Å². The molecule has 98 valence electrons. The Labute approximate surface area is 111 Å². The topological polar surface area (TPSA) is 62.3 Å². The predicted octanol–water partition coefficient (Wildman–Crippen LogP) is 1.25. The Morgan fingerprint density at radius 2 is 2.11 bits per heavy atom. The highest BCUT2D eigenvalue weighted by atomic mass is 35.5. The van der Waals surface area contributed by atoms with E-state index in [0.717, 1.165) is 5.69 Å². The van der Waals surface area contributed by atoms with Gasteiger partial charge in [-0.3, -0.25) is 14.6 Å². The molecule has 0 fully saturated rings. The SMILES string of the molecule is Cc1cc(Cl)c(C(=O)NCCC(=O)N(C)C)cn1. The molecule has 6 heteroatoms. The number of pyridine rings is 1. The summed E-state index contributed by atoms with van der Waals surface area (Å²) in [7, 11) is 3.34. The molecule has 0 aliphatic carbocycles. The Balaban J connectivity index is 2.53. The molecule has 0 unspecified atom stereocenters. The number of carbonyl (C=O) groups is 2. The molecule has 1 rings (SSSR count). The van der Waals surface area contributed by atoms with Crippen LogP contribution in [-0.4, -0.2) is 42.3 Å². The van der Waals surface area contributed by atoms with E-state index in [0.29, 0.717) is 10.6 Å². The van der Waals surface area contributed by atoms with E-state index in [1.165, 1.54) is 11.1 Å². The summed E-state index contributed by atoms with van der Waals surface area (Å²) in [6.07, 6.45) is 1.69. The predicted molar refractivity (Wildman–Crippen MR) is 69.6 cm³/mol. The first kappa shape index (κ1) is 14.4. The second-order valence-corrected chi connectivity index (χ2v) is 4.51. The molecule has 1 aromatic heterocycles. The minimum atomic E-state index is -0.320. The van der Waals surface area contributed by atoms with Crippen LogP contribution in [0.15, 0.2) is 12.3 Å². The van der Waals surface area contributed by atoms with Gasteiger partial charge in [0.15, 0.2) is 0 Å². The fourth-order valence-corrected chi connectivity index (χ4v) is 1.59. The normalized spacial score (nSPS) is 10.0. The third kappa shape index (κ3) is 4.00. The van der Waals surface area contributed by atoms with Crippen LogP contribution in [0.1, 0.15) is 22.5 Å². The van der Waals surface area contributed by atoms with Gasteiger partial charge >= 0.3 is 0 Å². The molecule has 0 aromatic carbocycles. The van der Waals surface area contributed by atoms with Crippen LogP contribution >= 0.6 is 11.6 Å². The zero-order valence-electron chi connectivity index (χ0n) is 10.7. The van der Waals surface area contributed by atoms with Crippen molar-refractivity contribution < 1.29 is 9.59 Å². The fourth-order valence-electron chi connectivity index (χ4n) is 1.30. The van der Waals surface area contributed by atoms with Gasteiger partial charge in [0.2, 0.25) is 5.91 Å². The van der Waals surface area contributed by atoms with E-state index in [4.69, 9.17) is 11.6 Å². The number of aryl methyl sites for hydroxylation is 1. The van der Waals surface area contributed by atoms with Crippen molar-refractivity contribution in [3.05, 3.63) is 28.5 Å². The number of amides is 2. The standard InChI is InChI=1S/C12H16ClN3O2/c1-8-6-10(13)9(7-15-8)12(18)14-5-4-11(17)16(2)3/h6-7H,4-5H2,1-3H3,(H,14,18). The lowest BCUT2D eigenvalue weighted by molar-refractivity contribution is -0.128. The van der Waals surface area contributed by atoms with Crippen molar-refractivity contribution in [2.24, 2.45) is 0 Å². The van der Waals surface area contributed by atoms with Crippen molar-refractivity contribution in [2.45, 2.75) is 13.3 Å². The van der Waals surface area contributed by atoms with Crippen LogP contribution in [0.3, 0.4) is 0 Å². The summed E-state index contributed by atoms with van der Waals surface area (Å²) in [5, 5.41) is 2.99. The van der Waals surface area contributed by atoms with Crippen molar-refractivity contribution in [1.82, 2.24) is 15.2 Å². The van der Waals surface area contributed by atoms with E-state index in [-0.39, 0.29) is 24.8 Å². The summed E-state index contributed by atoms with van der Waals surface area (Å²) in [5.74, 6) is -0.359. The van der Waals surface area contributed by atoms with Crippen molar-refractivity contribution in [2.75, 3.05) is 20.6 Å². The summed E-state index contributed by atoms with van der Waals surface area (Å²) >= 11 is 5.94. The number of aromatic nitrogens is 1. The zero-order chi connectivity index (χ0) is 13.7. The molecule has 0 bridgehead atoms. The molecule has 0 saturated carbocycles. The number of hydrogen-bond donors (Lipinski definition) is 1. The average molecular weight is 270 g/mol. The van der Waals surface area contributed by atoms with E-state index in [1.807, 2.05) is 0 Å². The molecule has 1 heterocycles. The smallest absolute Gasteiger partial charge is 0.254 e. The van der Waals surface area contributed by atoms with Crippen molar-refractivity contribution in [1.29, 1.82) is 0 Å². The molecule has 0 aliphatic rings. The van der Waals surface area contributed by atoms with Crippen molar-refractivity contribution in [3.63, 3.8) is 0 Å². The third-order valence-electron chi connectivity index (χ3n) is 2.36. The maximum atomic E-state index is 11.8. The summed E-state index contributed by atoms with van der Waals surface area (Å²) < 4.78 is 0. The van der Waals surface area contributed by atoms with Gasteiger partial charge in [0.25, 0.3) is 5.91 Å². The molecular weight excluding hydrogens is 254 g/mol. The highest BCUT2D eigenvalue weighted by molar-refractivity contribution is 6.33. The second-order valence-electron chi connectivity index (χ2n) is 4.10. The summed E-state index contributed by atoms with van der Waals surface area (Å²) in [6.45, 7) is 2.07. The molecular formula is C12H16ClN3O2. The van der Waals surface area contributed by atoms with Crippen LogP contribution in [0.5, 0.6) is 0 Å². The lowest BCUT2D eigenvalue weighted by Crippen LogP contribution is -2.30. The first-order chi connectivity index (χ1) is 8.41. The number of hydrogen-bond acceptors (Lipinski definition) is 3. The van der Waals surface area contributed by atoms with Gasteiger partial charge in [-0.1, -0.05) is 11.6 Å². The molecule has 0 atom stereocenters. The summed E-state index contributed by atoms with van der Waals surface area (Å²) in [6, 6.07) is 1.63. The molecule has 0 spiro atoms. The van der Waals surface area contributed by atoms with Crippen LogP contribution in [0.2, 0.25) is 5.02 Å². The first-order valence-electron chi connectivity index (χ1n) is 5.52. The van der Waals surface area contributed by atoms with Crippen LogP contribution in [-0.2, 0) is 4.79 Å². The zero-order valence-corrected chi connectivity index (χ0v) is 11.4. The monoisotopic (exact) mass is 269 g/mol. The first-order valence-corrected chi connectivity index (χ1v) is 5.90. The van der Waals surface area contributed by atoms with Gasteiger partial charge < -0.3 is 10.2 Å². The highest BCUT2D eigenvalue weighted by Gasteiger charge is 2.11. The molecule has 0 radical (unpaired) electrons. The number of nitrogens with zero attached hydrogens (tertiary/aromatic N) is 2. The molecule has 0 aliphatic heterocycles. The Kier molecular flexibility index (Phi) is 5.09. The van der Waals surface area contributed by atoms with Crippen LogP contribution in [0.4, 0.5) is 0 Å². The maximum absolute atomic E-state index is 11.8. The van der Waals surface area contributed by atoms with Crippen LogP contribution < -0.4 is 5.32 Å². The lowest BCUT2D eigenvalue weighted by atomic mass is 10.2. The second kappa shape index (κ2) is 6.35. The number of halogens is 1. The van der Waals surface area contributed by atoms with E-state index in [1.54, 1.807) is 27.1 Å². The summed E-state index contributed by atoms with van der Waals surface area (Å²) in [4.78, 5) is 28.6. The highest BCUT2D eigenvalue weighted by Crippen LogP contribution is 2.15. The quantitative estimate of drug-likeness (QED) is 0.895. The molecule has 1 N–H and O–H groups in total. The van der Waals surface area contributed by atoms with Gasteiger partial charge in [-0.2, -0.15) is 0 Å². The fraction of sp³-hybridized carbons (Fsp3) is 0.417. The van der Waals surface area contributed by atoms with Crippen LogP contribution in [0.25, 0.3) is 0 Å². The number of carbonyl (C=O) groups excluding carboxylic acids is 2. The van der Waals surface area contributed by atoms with Crippen molar-refractivity contribution in [3.8, 4) is 0 Å². The van der Waals surface area contributed by atoms with Gasteiger partial charge in [-0.15, -0.1) is 0 Å². The molecule has 0 saturated heterocycles. The Bertz CT molecular complexity index is 461. The van der Waals surface area contributed by atoms with E-state index < -0.39 is 0 Å². The van der Waals surface area contributed by atoms with E-state index >= 15 is 0 Å². The van der Waals surface area contributed by atoms with E-state index in [9.17, 15) is 9.59 Å². The minimum absolute atomic E-state index is 0.0385. The number of rotatable bonds is 4. The van der Waals surface area contributed by atoms with Gasteiger partial charge in [-0.05, 0) is 13.0 Å². The largest absolute Gasteiger partial charge is 0.351 e. The molecule has 5 nitrogen and oxygen atoms in total. The molecule has 1 aromatic rings.